The lowest BCUT2D eigenvalue weighted by Crippen LogP contribution is -2.13. The molecule has 1 aromatic heterocycles. The lowest BCUT2D eigenvalue weighted by molar-refractivity contribution is 0.102. The van der Waals surface area contributed by atoms with Gasteiger partial charge in [-0.2, -0.15) is 0 Å². The topological polar surface area (TPSA) is 42.0 Å². The standard InChI is InChI=1S/C28H20N2OS/c31-28(30-25-17-9-10-18-27(25)32-21-13-5-2-6-14-21)23-19-26(20-11-3-1-4-12-20)29-24-16-8-7-15-22(23)24/h1-19H,(H,30,31). The lowest BCUT2D eigenvalue weighted by Gasteiger charge is -2.13. The number of carbonyl (C=O) groups is 1. The highest BCUT2D eigenvalue weighted by atomic mass is 32.2. The number of nitrogens with zero attached hydrogens (tertiary/aromatic N) is 1. The summed E-state index contributed by atoms with van der Waals surface area (Å²) in [5, 5.41) is 3.96. The van der Waals surface area contributed by atoms with E-state index in [-0.39, 0.29) is 5.91 Å². The van der Waals surface area contributed by atoms with Gasteiger partial charge >= 0.3 is 0 Å². The van der Waals surface area contributed by atoms with Gasteiger partial charge in [-0.05, 0) is 36.4 Å². The summed E-state index contributed by atoms with van der Waals surface area (Å²) >= 11 is 1.63. The van der Waals surface area contributed by atoms with E-state index in [1.807, 2.05) is 103 Å². The largest absolute Gasteiger partial charge is 0.321 e. The van der Waals surface area contributed by atoms with E-state index >= 15 is 0 Å². The first-order valence-corrected chi connectivity index (χ1v) is 11.2. The monoisotopic (exact) mass is 432 g/mol. The van der Waals surface area contributed by atoms with Gasteiger partial charge in [-0.3, -0.25) is 4.79 Å². The minimum atomic E-state index is -0.151. The molecule has 0 saturated heterocycles. The third-order valence-electron chi connectivity index (χ3n) is 5.14. The Kier molecular flexibility index (Phi) is 5.69. The van der Waals surface area contributed by atoms with Crippen molar-refractivity contribution < 1.29 is 4.79 Å². The van der Waals surface area contributed by atoms with Crippen LogP contribution in [0.2, 0.25) is 0 Å². The normalized spacial score (nSPS) is 10.8. The first kappa shape index (κ1) is 20.0. The van der Waals surface area contributed by atoms with Crippen LogP contribution in [0.5, 0.6) is 0 Å². The molecule has 0 fully saturated rings. The van der Waals surface area contributed by atoms with Crippen LogP contribution in [0.15, 0.2) is 125 Å². The van der Waals surface area contributed by atoms with Crippen LogP contribution < -0.4 is 5.32 Å². The Hall–Kier alpha value is -3.89. The van der Waals surface area contributed by atoms with E-state index in [0.717, 1.165) is 37.6 Å². The molecule has 4 aromatic carbocycles. The predicted octanol–water partition coefficient (Wildman–Crippen LogP) is 7.31. The maximum Gasteiger partial charge on any atom is 0.256 e. The van der Waals surface area contributed by atoms with Crippen LogP contribution in [0.3, 0.4) is 0 Å². The molecular formula is C28H20N2OS. The highest BCUT2D eigenvalue weighted by Gasteiger charge is 2.15. The van der Waals surface area contributed by atoms with Crippen molar-refractivity contribution >= 4 is 34.3 Å². The zero-order valence-corrected chi connectivity index (χ0v) is 18.0. The van der Waals surface area contributed by atoms with Gasteiger partial charge in [-0.15, -0.1) is 0 Å². The van der Waals surface area contributed by atoms with E-state index in [4.69, 9.17) is 4.98 Å². The molecule has 0 aliphatic carbocycles. The number of rotatable bonds is 5. The van der Waals surface area contributed by atoms with Crippen molar-refractivity contribution in [3.63, 3.8) is 0 Å². The zero-order valence-electron chi connectivity index (χ0n) is 17.2. The van der Waals surface area contributed by atoms with E-state index in [1.54, 1.807) is 11.8 Å². The fraction of sp³-hybridized carbons (Fsp3) is 0. The second-order valence-electron chi connectivity index (χ2n) is 7.30. The molecular weight excluding hydrogens is 412 g/mol. The number of nitrogens with one attached hydrogen (secondary N) is 1. The second kappa shape index (κ2) is 9.08. The molecule has 1 amide bonds. The molecule has 1 heterocycles. The molecule has 0 spiro atoms. The third kappa shape index (κ3) is 4.27. The summed E-state index contributed by atoms with van der Waals surface area (Å²) in [5.74, 6) is -0.151. The molecule has 0 saturated carbocycles. The first-order valence-electron chi connectivity index (χ1n) is 10.4. The van der Waals surface area contributed by atoms with Gasteiger partial charge in [0.05, 0.1) is 22.5 Å². The number of anilines is 1. The number of hydrogen-bond acceptors (Lipinski definition) is 3. The zero-order chi connectivity index (χ0) is 21.8. The van der Waals surface area contributed by atoms with Gasteiger partial charge in [0.15, 0.2) is 0 Å². The number of hydrogen-bond donors (Lipinski definition) is 1. The van der Waals surface area contributed by atoms with Gasteiger partial charge < -0.3 is 5.32 Å². The minimum Gasteiger partial charge on any atom is -0.321 e. The summed E-state index contributed by atoms with van der Waals surface area (Å²) in [4.78, 5) is 20.4. The summed E-state index contributed by atoms with van der Waals surface area (Å²) < 4.78 is 0. The molecule has 0 aliphatic heterocycles. The average Bonchev–Trinajstić information content (AvgIpc) is 2.85. The maximum atomic E-state index is 13.5. The number of carbonyl (C=O) groups excluding carboxylic acids is 1. The van der Waals surface area contributed by atoms with Crippen molar-refractivity contribution in [1.82, 2.24) is 4.98 Å². The number of fused-ring (bicyclic) bond motifs is 1. The average molecular weight is 433 g/mol. The highest BCUT2D eigenvalue weighted by molar-refractivity contribution is 7.99. The summed E-state index contributed by atoms with van der Waals surface area (Å²) in [6.07, 6.45) is 0. The van der Waals surface area contributed by atoms with Crippen LogP contribution in [0.25, 0.3) is 22.2 Å². The van der Waals surface area contributed by atoms with Crippen LogP contribution >= 0.6 is 11.8 Å². The lowest BCUT2D eigenvalue weighted by atomic mass is 10.0. The molecule has 1 N–H and O–H groups in total. The Labute approximate surface area is 191 Å². The molecule has 154 valence electrons. The smallest absolute Gasteiger partial charge is 0.256 e. The Morgan fingerprint density at radius 3 is 2.19 bits per heavy atom. The molecule has 4 heteroatoms. The molecule has 0 aliphatic rings. The first-order chi connectivity index (χ1) is 15.8. The summed E-state index contributed by atoms with van der Waals surface area (Å²) in [6.45, 7) is 0. The summed E-state index contributed by atoms with van der Waals surface area (Å²) in [7, 11) is 0. The van der Waals surface area contributed by atoms with Crippen molar-refractivity contribution in [3.05, 3.63) is 121 Å². The third-order valence-corrected chi connectivity index (χ3v) is 6.22. The van der Waals surface area contributed by atoms with Gasteiger partial charge in [0, 0.05) is 20.7 Å². The number of para-hydroxylation sites is 2. The molecule has 0 atom stereocenters. The molecule has 0 bridgehead atoms. The van der Waals surface area contributed by atoms with Crippen molar-refractivity contribution in [2.24, 2.45) is 0 Å². The van der Waals surface area contributed by atoms with Gasteiger partial charge in [-0.25, -0.2) is 4.98 Å². The molecule has 3 nitrogen and oxygen atoms in total. The second-order valence-corrected chi connectivity index (χ2v) is 8.42. The van der Waals surface area contributed by atoms with Gasteiger partial charge in [0.25, 0.3) is 5.91 Å². The Morgan fingerprint density at radius 1 is 0.719 bits per heavy atom. The Balaban J connectivity index is 1.52. The number of benzene rings is 4. The molecule has 5 rings (SSSR count). The Bertz CT molecular complexity index is 1380. The molecule has 0 unspecified atom stereocenters. The summed E-state index contributed by atoms with van der Waals surface area (Å²) in [6, 6.07) is 37.6. The number of aromatic nitrogens is 1. The van der Waals surface area contributed by atoms with Crippen molar-refractivity contribution in [2.45, 2.75) is 9.79 Å². The van der Waals surface area contributed by atoms with E-state index in [9.17, 15) is 4.79 Å². The van der Waals surface area contributed by atoms with E-state index < -0.39 is 0 Å². The van der Waals surface area contributed by atoms with Crippen LogP contribution in [-0.4, -0.2) is 10.9 Å². The van der Waals surface area contributed by atoms with Crippen LogP contribution in [0.1, 0.15) is 10.4 Å². The molecule has 0 radical (unpaired) electrons. The van der Waals surface area contributed by atoms with Crippen LogP contribution in [0.4, 0.5) is 5.69 Å². The van der Waals surface area contributed by atoms with Crippen LogP contribution in [-0.2, 0) is 0 Å². The van der Waals surface area contributed by atoms with E-state index in [1.165, 1.54) is 0 Å². The van der Waals surface area contributed by atoms with Gasteiger partial charge in [-0.1, -0.05) is 90.6 Å². The minimum absolute atomic E-state index is 0.151. The van der Waals surface area contributed by atoms with Gasteiger partial charge in [0.1, 0.15) is 0 Å². The maximum absolute atomic E-state index is 13.5. The molecule has 5 aromatic rings. The van der Waals surface area contributed by atoms with Crippen molar-refractivity contribution in [1.29, 1.82) is 0 Å². The van der Waals surface area contributed by atoms with Crippen LogP contribution in [0, 0.1) is 0 Å². The fourth-order valence-electron chi connectivity index (χ4n) is 3.58. The van der Waals surface area contributed by atoms with E-state index in [0.29, 0.717) is 5.56 Å². The summed E-state index contributed by atoms with van der Waals surface area (Å²) in [5.41, 5.74) is 3.95. The number of amides is 1. The molecule has 32 heavy (non-hydrogen) atoms. The van der Waals surface area contributed by atoms with E-state index in [2.05, 4.69) is 17.4 Å². The van der Waals surface area contributed by atoms with Crippen molar-refractivity contribution in [2.75, 3.05) is 5.32 Å². The Morgan fingerprint density at radius 2 is 1.38 bits per heavy atom. The van der Waals surface area contributed by atoms with Crippen molar-refractivity contribution in [3.8, 4) is 11.3 Å². The number of pyridine rings is 1. The fourth-order valence-corrected chi connectivity index (χ4v) is 4.51. The quantitative estimate of drug-likeness (QED) is 0.317. The predicted molar refractivity (Wildman–Crippen MR) is 132 cm³/mol. The SMILES string of the molecule is O=C(Nc1ccccc1Sc1ccccc1)c1cc(-c2ccccc2)nc2ccccc12. The van der Waals surface area contributed by atoms with Gasteiger partial charge in [0.2, 0.25) is 0 Å². The highest BCUT2D eigenvalue weighted by Crippen LogP contribution is 2.34.